The molecule has 88 valence electrons. The van der Waals surface area contributed by atoms with Crippen LogP contribution < -0.4 is 0 Å². The van der Waals surface area contributed by atoms with Gasteiger partial charge in [0.05, 0.1) is 0 Å². The lowest BCUT2D eigenvalue weighted by Crippen LogP contribution is -2.03. The third-order valence-corrected chi connectivity index (χ3v) is 5.28. The molecule has 2 rings (SSSR count). The maximum Gasteiger partial charge on any atom is -0.0331 e. The summed E-state index contributed by atoms with van der Waals surface area (Å²) in [7, 11) is 0. The second kappa shape index (κ2) is 4.11. The molecule has 0 radical (unpaired) electrons. The van der Waals surface area contributed by atoms with E-state index in [0.29, 0.717) is 0 Å². The monoisotopic (exact) mass is 208 g/mol. The molecule has 15 heavy (non-hydrogen) atoms. The lowest BCUT2D eigenvalue weighted by Gasteiger charge is -2.11. The van der Waals surface area contributed by atoms with Crippen molar-refractivity contribution >= 4 is 0 Å². The Hall–Kier alpha value is 0. The van der Waals surface area contributed by atoms with Crippen molar-refractivity contribution in [2.75, 3.05) is 0 Å². The summed E-state index contributed by atoms with van der Waals surface area (Å²) in [5, 5.41) is 0. The minimum atomic E-state index is 0.915. The van der Waals surface area contributed by atoms with Crippen LogP contribution in [-0.2, 0) is 0 Å². The van der Waals surface area contributed by atoms with Gasteiger partial charge in [-0.05, 0) is 54.3 Å². The van der Waals surface area contributed by atoms with Crippen LogP contribution in [0, 0.1) is 41.4 Å². The van der Waals surface area contributed by atoms with Crippen LogP contribution in [0.3, 0.4) is 0 Å². The summed E-state index contributed by atoms with van der Waals surface area (Å²) in [5.41, 5.74) is 0. The van der Waals surface area contributed by atoms with Gasteiger partial charge >= 0.3 is 0 Å². The fraction of sp³-hybridized carbons (Fsp3) is 1.00. The van der Waals surface area contributed by atoms with Crippen LogP contribution in [0.4, 0.5) is 0 Å². The molecule has 2 fully saturated rings. The van der Waals surface area contributed by atoms with Crippen LogP contribution in [0.25, 0.3) is 0 Å². The summed E-state index contributed by atoms with van der Waals surface area (Å²) in [4.78, 5) is 0. The molecule has 0 aromatic rings. The molecule has 0 heterocycles. The molecule has 0 N–H and O–H groups in total. The molecule has 0 heteroatoms. The highest BCUT2D eigenvalue weighted by molar-refractivity contribution is 4.99. The van der Waals surface area contributed by atoms with E-state index in [9.17, 15) is 0 Å². The molecule has 0 nitrogen and oxygen atoms in total. The minimum absolute atomic E-state index is 0.915. The summed E-state index contributed by atoms with van der Waals surface area (Å²) in [6, 6.07) is 0. The third-order valence-electron chi connectivity index (χ3n) is 5.28. The van der Waals surface area contributed by atoms with Crippen molar-refractivity contribution in [1.29, 1.82) is 0 Å². The second-order valence-electron chi connectivity index (χ2n) is 6.63. The van der Waals surface area contributed by atoms with E-state index in [1.807, 2.05) is 0 Å². The van der Waals surface area contributed by atoms with Gasteiger partial charge in [-0.2, -0.15) is 0 Å². The van der Waals surface area contributed by atoms with Crippen LogP contribution in [-0.4, -0.2) is 0 Å². The standard InChI is InChI=1S/C15H28/c1-6-12-8-13(12)10(4)7-14-11(5)15(14)9(2)3/h9-15H,6-8H2,1-5H3. The average molecular weight is 208 g/mol. The molecular weight excluding hydrogens is 180 g/mol. The molecule has 0 bridgehead atoms. The fourth-order valence-corrected chi connectivity index (χ4v) is 4.09. The first-order chi connectivity index (χ1) is 7.06. The van der Waals surface area contributed by atoms with Crippen LogP contribution in [0.15, 0.2) is 0 Å². The van der Waals surface area contributed by atoms with E-state index in [1.165, 1.54) is 19.3 Å². The molecule has 6 atom stereocenters. The smallest absolute Gasteiger partial charge is 0.0331 e. The third kappa shape index (κ3) is 2.24. The molecule has 2 aliphatic carbocycles. The normalized spacial score (nSPS) is 45.6. The Morgan fingerprint density at radius 1 is 1.20 bits per heavy atom. The Morgan fingerprint density at radius 3 is 2.27 bits per heavy atom. The Labute approximate surface area is 95.8 Å². The fourth-order valence-electron chi connectivity index (χ4n) is 4.09. The van der Waals surface area contributed by atoms with Crippen LogP contribution in [0.2, 0.25) is 0 Å². The molecule has 0 amide bonds. The van der Waals surface area contributed by atoms with E-state index in [4.69, 9.17) is 0 Å². The zero-order valence-corrected chi connectivity index (χ0v) is 11.2. The largest absolute Gasteiger partial charge is 0.0651 e. The van der Waals surface area contributed by atoms with Gasteiger partial charge in [0.25, 0.3) is 0 Å². The maximum absolute atomic E-state index is 2.50. The highest BCUT2D eigenvalue weighted by Gasteiger charge is 2.50. The van der Waals surface area contributed by atoms with Gasteiger partial charge in [-0.25, -0.2) is 0 Å². The Balaban J connectivity index is 1.74. The molecular formula is C15H28. The summed E-state index contributed by atoms with van der Waals surface area (Å²) in [6.07, 6.45) is 4.47. The Kier molecular flexibility index (Phi) is 3.14. The first-order valence-electron chi connectivity index (χ1n) is 7.06. The predicted octanol–water partition coefficient (Wildman–Crippen LogP) is 4.60. The van der Waals surface area contributed by atoms with Gasteiger partial charge in [0.15, 0.2) is 0 Å². The van der Waals surface area contributed by atoms with Gasteiger partial charge in [0.1, 0.15) is 0 Å². The lowest BCUT2D eigenvalue weighted by atomic mass is 9.94. The van der Waals surface area contributed by atoms with Crippen molar-refractivity contribution in [2.45, 2.75) is 53.9 Å². The van der Waals surface area contributed by atoms with Gasteiger partial charge in [0, 0.05) is 0 Å². The number of hydrogen-bond acceptors (Lipinski definition) is 0. The minimum Gasteiger partial charge on any atom is -0.0651 e. The van der Waals surface area contributed by atoms with Gasteiger partial charge in [-0.15, -0.1) is 0 Å². The van der Waals surface area contributed by atoms with Crippen LogP contribution >= 0.6 is 0 Å². The zero-order chi connectivity index (χ0) is 11.2. The zero-order valence-electron chi connectivity index (χ0n) is 11.2. The van der Waals surface area contributed by atoms with E-state index in [-0.39, 0.29) is 0 Å². The predicted molar refractivity (Wildman–Crippen MR) is 66.7 cm³/mol. The molecule has 2 aliphatic rings. The summed E-state index contributed by atoms with van der Waals surface area (Å²) < 4.78 is 0. The Morgan fingerprint density at radius 2 is 1.87 bits per heavy atom. The molecule has 0 aromatic carbocycles. The first-order valence-corrected chi connectivity index (χ1v) is 7.06. The van der Waals surface area contributed by atoms with Gasteiger partial charge in [-0.1, -0.05) is 41.0 Å². The molecule has 0 spiro atoms. The van der Waals surface area contributed by atoms with Crippen molar-refractivity contribution in [3.8, 4) is 0 Å². The number of hydrogen-bond donors (Lipinski definition) is 0. The summed E-state index contributed by atoms with van der Waals surface area (Å²) in [5.74, 6) is 7.24. The van der Waals surface area contributed by atoms with Gasteiger partial charge in [0.2, 0.25) is 0 Å². The SMILES string of the molecule is CCC1CC1C(C)CC1C(C)C1C(C)C. The number of rotatable bonds is 5. The quantitative estimate of drug-likeness (QED) is 0.619. The van der Waals surface area contributed by atoms with Gasteiger partial charge < -0.3 is 0 Å². The van der Waals surface area contributed by atoms with Crippen molar-refractivity contribution < 1.29 is 0 Å². The van der Waals surface area contributed by atoms with Crippen molar-refractivity contribution in [3.63, 3.8) is 0 Å². The van der Waals surface area contributed by atoms with Crippen LogP contribution in [0.5, 0.6) is 0 Å². The molecule has 6 unspecified atom stereocenters. The molecule has 0 aromatic heterocycles. The summed E-state index contributed by atoms with van der Waals surface area (Å²) in [6.45, 7) is 12.1. The van der Waals surface area contributed by atoms with Crippen molar-refractivity contribution in [2.24, 2.45) is 41.4 Å². The second-order valence-corrected chi connectivity index (χ2v) is 6.63. The van der Waals surface area contributed by atoms with E-state index in [2.05, 4.69) is 34.6 Å². The first kappa shape index (κ1) is 11.5. The van der Waals surface area contributed by atoms with Gasteiger partial charge in [-0.3, -0.25) is 0 Å². The Bertz CT molecular complexity index is 218. The average Bonchev–Trinajstić information content (AvgIpc) is 3.02. The summed E-state index contributed by atoms with van der Waals surface area (Å²) >= 11 is 0. The highest BCUT2D eigenvalue weighted by Crippen LogP contribution is 2.57. The topological polar surface area (TPSA) is 0 Å². The molecule has 2 saturated carbocycles. The van der Waals surface area contributed by atoms with Crippen molar-refractivity contribution in [1.82, 2.24) is 0 Å². The highest BCUT2D eigenvalue weighted by atomic mass is 14.6. The van der Waals surface area contributed by atoms with Crippen LogP contribution in [0.1, 0.15) is 53.9 Å². The molecule has 0 aliphatic heterocycles. The molecule has 0 saturated heterocycles. The van der Waals surface area contributed by atoms with E-state index in [1.54, 1.807) is 0 Å². The van der Waals surface area contributed by atoms with E-state index >= 15 is 0 Å². The maximum atomic E-state index is 2.50. The lowest BCUT2D eigenvalue weighted by molar-refractivity contribution is 0.386. The van der Waals surface area contributed by atoms with E-state index in [0.717, 1.165) is 41.4 Å². The van der Waals surface area contributed by atoms with Crippen molar-refractivity contribution in [3.05, 3.63) is 0 Å². The van der Waals surface area contributed by atoms with E-state index < -0.39 is 0 Å².